The summed E-state index contributed by atoms with van der Waals surface area (Å²) in [5, 5.41) is 8.93. The van der Waals surface area contributed by atoms with E-state index < -0.39 is 11.5 Å². The molecular weight excluding hydrogens is 196 g/mol. The summed E-state index contributed by atoms with van der Waals surface area (Å²) in [6, 6.07) is 0. The average Bonchev–Trinajstić information content (AvgIpc) is 2.10. The molecule has 5 heteroatoms. The van der Waals surface area contributed by atoms with E-state index in [9.17, 15) is 9.59 Å². The van der Waals surface area contributed by atoms with Crippen molar-refractivity contribution in [2.45, 2.75) is 20.3 Å². The molecule has 0 radical (unpaired) electrons. The molecule has 1 aromatic heterocycles. The minimum absolute atomic E-state index is 0.214. The molecule has 1 rings (SSSR count). The molecule has 1 N–H and O–H groups in total. The minimum Gasteiger partial charge on any atom is -0.477 e. The van der Waals surface area contributed by atoms with Crippen LogP contribution in [0.2, 0.25) is 0 Å². The highest BCUT2D eigenvalue weighted by atomic mass is 16.4. The van der Waals surface area contributed by atoms with Crippen molar-refractivity contribution in [3.63, 3.8) is 0 Å². The second-order valence-electron chi connectivity index (χ2n) is 3.89. The fourth-order valence-electron chi connectivity index (χ4n) is 1.33. The fourth-order valence-corrected chi connectivity index (χ4v) is 1.33. The van der Waals surface area contributed by atoms with Crippen molar-refractivity contribution in [1.29, 1.82) is 0 Å². The van der Waals surface area contributed by atoms with Gasteiger partial charge in [0.05, 0.1) is 12.0 Å². The van der Waals surface area contributed by atoms with Crippen LogP contribution in [-0.4, -0.2) is 20.6 Å². The third-order valence-corrected chi connectivity index (χ3v) is 2.03. The molecule has 0 spiro atoms. The molecule has 0 fully saturated rings. The Balaban J connectivity index is 3.34. The molecule has 0 unspecified atom stereocenters. The van der Waals surface area contributed by atoms with Gasteiger partial charge in [0.1, 0.15) is 5.56 Å². The Morgan fingerprint density at radius 3 is 2.67 bits per heavy atom. The minimum atomic E-state index is -1.21. The topological polar surface area (TPSA) is 72.2 Å². The quantitative estimate of drug-likeness (QED) is 0.796. The maximum absolute atomic E-state index is 11.6. The number of carbonyl (C=O) groups is 1. The Hall–Kier alpha value is -1.65. The van der Waals surface area contributed by atoms with Crippen LogP contribution in [0.4, 0.5) is 0 Å². The molecule has 1 aromatic rings. The Kier molecular flexibility index (Phi) is 3.24. The van der Waals surface area contributed by atoms with Crippen LogP contribution in [0.25, 0.3) is 0 Å². The molecule has 15 heavy (non-hydrogen) atoms. The van der Waals surface area contributed by atoms with Gasteiger partial charge in [0.15, 0.2) is 0 Å². The monoisotopic (exact) mass is 210 g/mol. The molecule has 1 heterocycles. The van der Waals surface area contributed by atoms with Crippen molar-refractivity contribution in [3.05, 3.63) is 27.9 Å². The summed E-state index contributed by atoms with van der Waals surface area (Å²) in [5.41, 5.74) is -0.359. The number of carboxylic acids is 1. The summed E-state index contributed by atoms with van der Waals surface area (Å²) in [4.78, 5) is 26.5. The van der Waals surface area contributed by atoms with E-state index in [-0.39, 0.29) is 11.5 Å². The number of nitrogens with zero attached hydrogens (tertiary/aromatic N) is 2. The van der Waals surface area contributed by atoms with Gasteiger partial charge in [-0.05, 0) is 12.3 Å². The molecule has 82 valence electrons. The van der Waals surface area contributed by atoms with Gasteiger partial charge in [-0.25, -0.2) is 9.78 Å². The molecule has 0 bridgehead atoms. The van der Waals surface area contributed by atoms with Crippen LogP contribution < -0.4 is 5.56 Å². The standard InChI is InChI=1S/C10H14N2O3/c1-6(2)4-7-8(10(14)15)9(13)12(3)5-11-7/h5-6H,4H2,1-3H3,(H,14,15). The second kappa shape index (κ2) is 4.25. The molecule has 0 aromatic carbocycles. The normalized spacial score (nSPS) is 10.7. The van der Waals surface area contributed by atoms with E-state index in [1.807, 2.05) is 13.8 Å². The number of aromatic carboxylic acids is 1. The van der Waals surface area contributed by atoms with Crippen LogP contribution >= 0.6 is 0 Å². The first-order valence-corrected chi connectivity index (χ1v) is 4.71. The van der Waals surface area contributed by atoms with Crippen LogP contribution in [0.3, 0.4) is 0 Å². The summed E-state index contributed by atoms with van der Waals surface area (Å²) in [7, 11) is 1.49. The van der Waals surface area contributed by atoms with Gasteiger partial charge in [-0.15, -0.1) is 0 Å². The molecule has 0 aliphatic heterocycles. The lowest BCUT2D eigenvalue weighted by Crippen LogP contribution is -2.27. The maximum Gasteiger partial charge on any atom is 0.343 e. The Morgan fingerprint density at radius 2 is 2.20 bits per heavy atom. The molecule has 0 aliphatic rings. The first kappa shape index (κ1) is 11.4. The van der Waals surface area contributed by atoms with Crippen molar-refractivity contribution >= 4 is 5.97 Å². The van der Waals surface area contributed by atoms with Crippen LogP contribution in [0, 0.1) is 5.92 Å². The molecule has 0 amide bonds. The Bertz CT molecular complexity index is 435. The molecular formula is C10H14N2O3. The third-order valence-electron chi connectivity index (χ3n) is 2.03. The van der Waals surface area contributed by atoms with Crippen LogP contribution in [0.5, 0.6) is 0 Å². The van der Waals surface area contributed by atoms with Crippen molar-refractivity contribution in [2.75, 3.05) is 0 Å². The maximum atomic E-state index is 11.6. The van der Waals surface area contributed by atoms with Crippen LogP contribution in [-0.2, 0) is 13.5 Å². The predicted octanol–water partition coefficient (Wildman–Crippen LogP) is 0.677. The van der Waals surface area contributed by atoms with Gasteiger partial charge in [-0.3, -0.25) is 4.79 Å². The number of carboxylic acid groups (broad SMARTS) is 1. The molecule has 0 saturated heterocycles. The summed E-state index contributed by atoms with van der Waals surface area (Å²) in [5.74, 6) is -0.943. The Morgan fingerprint density at radius 1 is 1.60 bits per heavy atom. The van der Waals surface area contributed by atoms with E-state index >= 15 is 0 Å². The summed E-state index contributed by atoms with van der Waals surface area (Å²) in [6.45, 7) is 3.90. The van der Waals surface area contributed by atoms with Gasteiger partial charge in [0.25, 0.3) is 5.56 Å². The van der Waals surface area contributed by atoms with Gasteiger partial charge in [0, 0.05) is 7.05 Å². The highest BCUT2D eigenvalue weighted by Gasteiger charge is 2.17. The third kappa shape index (κ3) is 2.43. The van der Waals surface area contributed by atoms with Crippen molar-refractivity contribution in [2.24, 2.45) is 13.0 Å². The van der Waals surface area contributed by atoms with Crippen molar-refractivity contribution < 1.29 is 9.90 Å². The van der Waals surface area contributed by atoms with E-state index in [4.69, 9.17) is 5.11 Å². The SMILES string of the molecule is CC(C)Cc1ncn(C)c(=O)c1C(=O)O. The van der Waals surface area contributed by atoms with E-state index in [0.717, 1.165) is 0 Å². The molecule has 0 aliphatic carbocycles. The summed E-state index contributed by atoms with van der Waals surface area (Å²) in [6.07, 6.45) is 1.85. The second-order valence-corrected chi connectivity index (χ2v) is 3.89. The highest BCUT2D eigenvalue weighted by Crippen LogP contribution is 2.07. The highest BCUT2D eigenvalue weighted by molar-refractivity contribution is 5.88. The van der Waals surface area contributed by atoms with Gasteiger partial charge < -0.3 is 9.67 Å². The number of rotatable bonds is 3. The lowest BCUT2D eigenvalue weighted by atomic mass is 10.0. The zero-order valence-corrected chi connectivity index (χ0v) is 9.02. The summed E-state index contributed by atoms with van der Waals surface area (Å²) < 4.78 is 1.17. The van der Waals surface area contributed by atoms with Gasteiger partial charge >= 0.3 is 5.97 Å². The van der Waals surface area contributed by atoms with Gasteiger partial charge in [0.2, 0.25) is 0 Å². The van der Waals surface area contributed by atoms with Crippen LogP contribution in [0.1, 0.15) is 29.9 Å². The molecule has 0 saturated carbocycles. The number of aromatic nitrogens is 2. The zero-order valence-electron chi connectivity index (χ0n) is 9.02. The molecule has 0 atom stereocenters. The lowest BCUT2D eigenvalue weighted by Gasteiger charge is -2.08. The fraction of sp³-hybridized carbons (Fsp3) is 0.500. The van der Waals surface area contributed by atoms with Crippen LogP contribution in [0.15, 0.2) is 11.1 Å². The largest absolute Gasteiger partial charge is 0.477 e. The average molecular weight is 210 g/mol. The van der Waals surface area contributed by atoms with Crippen molar-refractivity contribution in [1.82, 2.24) is 9.55 Å². The number of hydrogen-bond acceptors (Lipinski definition) is 3. The van der Waals surface area contributed by atoms with Crippen molar-refractivity contribution in [3.8, 4) is 0 Å². The van der Waals surface area contributed by atoms with E-state index in [2.05, 4.69) is 4.98 Å². The summed E-state index contributed by atoms with van der Waals surface area (Å²) >= 11 is 0. The Labute approximate surface area is 87.4 Å². The predicted molar refractivity (Wildman–Crippen MR) is 55.0 cm³/mol. The van der Waals surface area contributed by atoms with E-state index in [0.29, 0.717) is 12.1 Å². The van der Waals surface area contributed by atoms with E-state index in [1.165, 1.54) is 17.9 Å². The van der Waals surface area contributed by atoms with Gasteiger partial charge in [-0.1, -0.05) is 13.8 Å². The smallest absolute Gasteiger partial charge is 0.343 e. The van der Waals surface area contributed by atoms with Gasteiger partial charge in [-0.2, -0.15) is 0 Å². The molecule has 5 nitrogen and oxygen atoms in total. The zero-order chi connectivity index (χ0) is 11.6. The first-order valence-electron chi connectivity index (χ1n) is 4.71. The lowest BCUT2D eigenvalue weighted by molar-refractivity contribution is 0.0692. The first-order chi connectivity index (χ1) is 6.93. The number of hydrogen-bond donors (Lipinski definition) is 1. The van der Waals surface area contributed by atoms with E-state index in [1.54, 1.807) is 0 Å². The number of aryl methyl sites for hydroxylation is 1.